The van der Waals surface area contributed by atoms with E-state index >= 15 is 0 Å². The monoisotopic (exact) mass is 482 g/mol. The first-order valence-electron chi connectivity index (χ1n) is 12.0. The Labute approximate surface area is 202 Å². The van der Waals surface area contributed by atoms with Gasteiger partial charge in [0.15, 0.2) is 17.4 Å². The van der Waals surface area contributed by atoms with E-state index in [1.165, 1.54) is 12.1 Å². The number of halogens is 2. The van der Waals surface area contributed by atoms with Gasteiger partial charge in [-0.25, -0.2) is 18.7 Å². The maximum absolute atomic E-state index is 14.0. The lowest BCUT2D eigenvalue weighted by Crippen LogP contribution is -2.40. The Morgan fingerprint density at radius 1 is 1.11 bits per heavy atom. The zero-order chi connectivity index (χ0) is 24.5. The van der Waals surface area contributed by atoms with Gasteiger partial charge in [0.25, 0.3) is 0 Å². The second-order valence-corrected chi connectivity index (χ2v) is 8.92. The van der Waals surface area contributed by atoms with Gasteiger partial charge in [-0.2, -0.15) is 5.10 Å². The van der Waals surface area contributed by atoms with Gasteiger partial charge in [0, 0.05) is 64.6 Å². The normalized spacial score (nSPS) is 16.3. The maximum atomic E-state index is 14.0. The summed E-state index contributed by atoms with van der Waals surface area (Å²) in [6, 6.07) is 5.30. The number of nitrogens with zero attached hydrogens (tertiary/aromatic N) is 6. The number of carbonyl (C=O) groups is 1. The number of benzene rings is 1. The molecular weight excluding hydrogens is 454 g/mol. The number of hydrogen-bond donors (Lipinski definition) is 0. The summed E-state index contributed by atoms with van der Waals surface area (Å²) in [6.45, 7) is 6.72. The van der Waals surface area contributed by atoms with Crippen LogP contribution >= 0.6 is 0 Å². The van der Waals surface area contributed by atoms with Crippen molar-refractivity contribution in [3.63, 3.8) is 0 Å². The Kier molecular flexibility index (Phi) is 6.36. The highest BCUT2D eigenvalue weighted by molar-refractivity contribution is 5.74. The smallest absolute Gasteiger partial charge is 0.219 e. The van der Waals surface area contributed by atoms with Crippen molar-refractivity contribution in [3.8, 4) is 17.1 Å². The SMILES string of the molecule is CCn1ccc(-c2nc3c(nc2N2CCC(Oc4ccc(F)cc4F)CC2)CCN(C(C)=O)C3)n1. The van der Waals surface area contributed by atoms with E-state index in [9.17, 15) is 13.6 Å². The minimum atomic E-state index is -0.693. The highest BCUT2D eigenvalue weighted by Crippen LogP contribution is 2.32. The minimum Gasteiger partial charge on any atom is -0.487 e. The van der Waals surface area contributed by atoms with Crippen molar-refractivity contribution in [3.05, 3.63) is 53.5 Å². The van der Waals surface area contributed by atoms with E-state index in [0.717, 1.165) is 35.5 Å². The van der Waals surface area contributed by atoms with Crippen LogP contribution in [0.3, 0.4) is 0 Å². The Bertz CT molecular complexity index is 1240. The molecule has 1 amide bonds. The first-order chi connectivity index (χ1) is 16.9. The number of hydrogen-bond acceptors (Lipinski definition) is 6. The molecular formula is C25H28F2N6O2. The van der Waals surface area contributed by atoms with Crippen LogP contribution in [0.4, 0.5) is 14.6 Å². The molecule has 2 aromatic heterocycles. The molecule has 1 aromatic carbocycles. The summed E-state index contributed by atoms with van der Waals surface area (Å²) in [5, 5.41) is 4.66. The molecule has 3 aromatic rings. The number of anilines is 1. The van der Waals surface area contributed by atoms with Crippen LogP contribution in [0, 0.1) is 11.6 Å². The average Bonchev–Trinajstić information content (AvgIpc) is 3.34. The zero-order valence-electron chi connectivity index (χ0n) is 19.9. The molecule has 0 saturated carbocycles. The van der Waals surface area contributed by atoms with Crippen molar-refractivity contribution in [2.24, 2.45) is 0 Å². The van der Waals surface area contributed by atoms with Gasteiger partial charge < -0.3 is 14.5 Å². The molecule has 8 nitrogen and oxygen atoms in total. The van der Waals surface area contributed by atoms with Crippen LogP contribution in [0.5, 0.6) is 5.75 Å². The lowest BCUT2D eigenvalue weighted by molar-refractivity contribution is -0.129. The Morgan fingerprint density at radius 2 is 1.91 bits per heavy atom. The molecule has 2 aliphatic heterocycles. The minimum absolute atomic E-state index is 0.0259. The number of fused-ring (bicyclic) bond motifs is 1. The van der Waals surface area contributed by atoms with Crippen molar-refractivity contribution in [2.45, 2.75) is 52.3 Å². The van der Waals surface area contributed by atoms with Gasteiger partial charge in [-0.15, -0.1) is 0 Å². The quantitative estimate of drug-likeness (QED) is 0.553. The van der Waals surface area contributed by atoms with Crippen LogP contribution in [0.15, 0.2) is 30.5 Å². The molecule has 0 radical (unpaired) electrons. The van der Waals surface area contributed by atoms with Gasteiger partial charge in [0.1, 0.15) is 23.3 Å². The van der Waals surface area contributed by atoms with Gasteiger partial charge in [-0.3, -0.25) is 9.48 Å². The van der Waals surface area contributed by atoms with E-state index in [2.05, 4.69) is 10.00 Å². The summed E-state index contributed by atoms with van der Waals surface area (Å²) in [4.78, 5) is 25.8. The fraction of sp³-hybridized carbons (Fsp3) is 0.440. The van der Waals surface area contributed by atoms with Crippen LogP contribution in [-0.4, -0.2) is 56.3 Å². The number of amides is 1. The maximum Gasteiger partial charge on any atom is 0.219 e. The predicted octanol–water partition coefficient (Wildman–Crippen LogP) is 3.59. The number of aromatic nitrogens is 4. The molecule has 184 valence electrons. The standard InChI is InChI=1S/C25H28F2N6O2/c1-3-33-13-9-21(30-33)24-25(29-20-8-12-32(16(2)34)15-22(20)28-24)31-10-6-18(7-11-31)35-23-5-4-17(26)14-19(23)27/h4-5,9,13-14,18H,3,6-8,10-12,15H2,1-2H3. The fourth-order valence-electron chi connectivity index (χ4n) is 4.58. The van der Waals surface area contributed by atoms with E-state index < -0.39 is 11.6 Å². The Morgan fingerprint density at radius 3 is 2.60 bits per heavy atom. The van der Waals surface area contributed by atoms with Crippen molar-refractivity contribution in [2.75, 3.05) is 24.5 Å². The van der Waals surface area contributed by atoms with Gasteiger partial charge >= 0.3 is 0 Å². The van der Waals surface area contributed by atoms with E-state index in [1.54, 1.807) is 11.8 Å². The van der Waals surface area contributed by atoms with Gasteiger partial charge in [-0.1, -0.05) is 0 Å². The highest BCUT2D eigenvalue weighted by Gasteiger charge is 2.29. The summed E-state index contributed by atoms with van der Waals surface area (Å²) in [6.07, 6.45) is 3.72. The molecule has 10 heteroatoms. The van der Waals surface area contributed by atoms with Crippen LogP contribution in [-0.2, 0) is 24.3 Å². The van der Waals surface area contributed by atoms with Crippen molar-refractivity contribution < 1.29 is 18.3 Å². The molecule has 4 heterocycles. The summed E-state index contributed by atoms with van der Waals surface area (Å²) in [5.74, 6) is -0.452. The van der Waals surface area contributed by atoms with E-state index in [1.807, 2.05) is 23.9 Å². The Balaban J connectivity index is 1.39. The molecule has 5 rings (SSSR count). The van der Waals surface area contributed by atoms with Gasteiger partial charge in [0.2, 0.25) is 5.91 Å². The number of ether oxygens (including phenoxy) is 1. The molecule has 0 spiro atoms. The number of aryl methyl sites for hydroxylation is 1. The van der Waals surface area contributed by atoms with E-state index in [4.69, 9.17) is 14.7 Å². The lowest BCUT2D eigenvalue weighted by atomic mass is 10.1. The number of piperidine rings is 1. The predicted molar refractivity (Wildman–Crippen MR) is 126 cm³/mol. The molecule has 0 N–H and O–H groups in total. The summed E-state index contributed by atoms with van der Waals surface area (Å²) in [7, 11) is 0. The van der Waals surface area contributed by atoms with Gasteiger partial charge in [0.05, 0.1) is 17.9 Å². The van der Waals surface area contributed by atoms with Crippen LogP contribution in [0.25, 0.3) is 11.4 Å². The molecule has 1 fully saturated rings. The fourth-order valence-corrected chi connectivity index (χ4v) is 4.58. The van der Waals surface area contributed by atoms with Crippen LogP contribution in [0.1, 0.15) is 38.1 Å². The first-order valence-corrected chi connectivity index (χ1v) is 12.0. The molecule has 0 atom stereocenters. The molecule has 0 unspecified atom stereocenters. The molecule has 1 saturated heterocycles. The summed E-state index contributed by atoms with van der Waals surface area (Å²) >= 11 is 0. The van der Waals surface area contributed by atoms with Crippen LogP contribution < -0.4 is 9.64 Å². The second kappa shape index (κ2) is 9.59. The molecule has 35 heavy (non-hydrogen) atoms. The molecule has 0 aliphatic carbocycles. The van der Waals surface area contributed by atoms with E-state index in [0.29, 0.717) is 51.1 Å². The summed E-state index contributed by atoms with van der Waals surface area (Å²) < 4.78 is 34.9. The highest BCUT2D eigenvalue weighted by atomic mass is 19.1. The van der Waals surface area contributed by atoms with Crippen molar-refractivity contribution >= 4 is 11.7 Å². The van der Waals surface area contributed by atoms with Crippen molar-refractivity contribution in [1.29, 1.82) is 0 Å². The third-order valence-corrected chi connectivity index (χ3v) is 6.57. The number of carbonyl (C=O) groups excluding carboxylic acids is 1. The Hall–Kier alpha value is -3.56. The molecule has 2 aliphatic rings. The topological polar surface area (TPSA) is 76.4 Å². The third-order valence-electron chi connectivity index (χ3n) is 6.57. The zero-order valence-corrected chi connectivity index (χ0v) is 19.9. The lowest BCUT2D eigenvalue weighted by Gasteiger charge is -2.35. The number of rotatable bonds is 5. The van der Waals surface area contributed by atoms with E-state index in [-0.39, 0.29) is 17.8 Å². The van der Waals surface area contributed by atoms with Gasteiger partial charge in [-0.05, 0) is 25.1 Å². The third kappa shape index (κ3) is 4.82. The summed E-state index contributed by atoms with van der Waals surface area (Å²) in [5.41, 5.74) is 3.15. The van der Waals surface area contributed by atoms with Crippen molar-refractivity contribution in [1.82, 2.24) is 24.6 Å². The average molecular weight is 483 g/mol. The first kappa shape index (κ1) is 23.2. The molecule has 0 bridgehead atoms. The van der Waals surface area contributed by atoms with Crippen LogP contribution in [0.2, 0.25) is 0 Å². The largest absolute Gasteiger partial charge is 0.487 e. The second-order valence-electron chi connectivity index (χ2n) is 8.92.